The van der Waals surface area contributed by atoms with Crippen LogP contribution in [0.25, 0.3) is 0 Å². The van der Waals surface area contributed by atoms with Gasteiger partial charge < -0.3 is 0 Å². The van der Waals surface area contributed by atoms with Gasteiger partial charge in [-0.05, 0) is 25.2 Å². The standard InChI is InChI=1S/C10H15I3/c1-6-3-8(7(2)5-11)4-9(12)10(6)13/h3,7-10H,4-5H2,1-2H3. The summed E-state index contributed by atoms with van der Waals surface area (Å²) in [7, 11) is 0. The fourth-order valence-electron chi connectivity index (χ4n) is 1.67. The second kappa shape index (κ2) is 5.86. The quantitative estimate of drug-likeness (QED) is 0.286. The molecule has 1 rings (SSSR count). The van der Waals surface area contributed by atoms with E-state index in [1.165, 1.54) is 10.8 Å². The van der Waals surface area contributed by atoms with E-state index in [2.05, 4.69) is 87.7 Å². The summed E-state index contributed by atoms with van der Waals surface area (Å²) in [5.74, 6) is 1.67. The van der Waals surface area contributed by atoms with Crippen LogP contribution in [0, 0.1) is 11.8 Å². The van der Waals surface area contributed by atoms with E-state index in [0.29, 0.717) is 0 Å². The first-order chi connectivity index (χ1) is 6.06. The van der Waals surface area contributed by atoms with Gasteiger partial charge in [-0.25, -0.2) is 0 Å². The fraction of sp³-hybridized carbons (Fsp3) is 0.800. The molecule has 0 saturated heterocycles. The third kappa shape index (κ3) is 3.46. The SMILES string of the molecule is CC1=CC(C(C)CI)CC(I)C1I. The Balaban J connectivity index is 2.71. The zero-order valence-electron chi connectivity index (χ0n) is 7.93. The largest absolute Gasteiger partial charge is 0.0861 e. The topological polar surface area (TPSA) is 0 Å². The Morgan fingerprint density at radius 3 is 2.62 bits per heavy atom. The Kier molecular flexibility index (Phi) is 5.86. The average Bonchev–Trinajstić information content (AvgIpc) is 2.12. The molecule has 3 heteroatoms. The molecular weight excluding hydrogens is 501 g/mol. The average molecular weight is 516 g/mol. The summed E-state index contributed by atoms with van der Waals surface area (Å²) in [4.78, 5) is 0. The van der Waals surface area contributed by atoms with Crippen LogP contribution in [0.3, 0.4) is 0 Å². The summed E-state index contributed by atoms with van der Waals surface area (Å²) in [5.41, 5.74) is 1.59. The predicted octanol–water partition coefficient (Wildman–Crippen LogP) is 4.63. The second-order valence-corrected chi connectivity index (χ2v) is 7.68. The van der Waals surface area contributed by atoms with Gasteiger partial charge in [-0.3, -0.25) is 0 Å². The minimum absolute atomic E-state index is 0.760. The molecule has 0 spiro atoms. The van der Waals surface area contributed by atoms with Crippen molar-refractivity contribution in [2.75, 3.05) is 4.43 Å². The Hall–Kier alpha value is 1.93. The van der Waals surface area contributed by atoms with Gasteiger partial charge in [-0.2, -0.15) is 0 Å². The number of hydrogen-bond donors (Lipinski definition) is 0. The van der Waals surface area contributed by atoms with Crippen molar-refractivity contribution in [3.63, 3.8) is 0 Å². The van der Waals surface area contributed by atoms with Crippen LogP contribution in [0.4, 0.5) is 0 Å². The summed E-state index contributed by atoms with van der Waals surface area (Å²) in [6.45, 7) is 4.66. The van der Waals surface area contributed by atoms with Crippen LogP contribution in [-0.2, 0) is 0 Å². The van der Waals surface area contributed by atoms with Crippen molar-refractivity contribution in [2.45, 2.75) is 28.1 Å². The molecule has 13 heavy (non-hydrogen) atoms. The first-order valence-electron chi connectivity index (χ1n) is 4.58. The maximum atomic E-state index is 2.61. The van der Waals surface area contributed by atoms with Crippen LogP contribution in [0.1, 0.15) is 20.3 Å². The van der Waals surface area contributed by atoms with Crippen molar-refractivity contribution < 1.29 is 0 Å². The third-order valence-electron chi connectivity index (χ3n) is 2.70. The van der Waals surface area contributed by atoms with E-state index in [1.807, 2.05) is 0 Å². The smallest absolute Gasteiger partial charge is 0.0434 e. The molecule has 0 radical (unpaired) electrons. The molecule has 76 valence electrons. The van der Waals surface area contributed by atoms with Crippen molar-refractivity contribution in [1.29, 1.82) is 0 Å². The summed E-state index contributed by atoms with van der Waals surface area (Å²) in [6, 6.07) is 0. The van der Waals surface area contributed by atoms with E-state index in [9.17, 15) is 0 Å². The highest BCUT2D eigenvalue weighted by atomic mass is 127. The third-order valence-corrected chi connectivity index (χ3v) is 8.54. The van der Waals surface area contributed by atoms with Crippen molar-refractivity contribution in [3.8, 4) is 0 Å². The molecule has 1 aliphatic rings. The lowest BCUT2D eigenvalue weighted by Crippen LogP contribution is -2.27. The van der Waals surface area contributed by atoms with Crippen LogP contribution in [0.2, 0.25) is 0 Å². The zero-order valence-corrected chi connectivity index (χ0v) is 14.4. The Bertz CT molecular complexity index is 200. The van der Waals surface area contributed by atoms with Crippen LogP contribution < -0.4 is 0 Å². The molecule has 0 saturated carbocycles. The number of rotatable bonds is 2. The van der Waals surface area contributed by atoms with Crippen molar-refractivity contribution in [3.05, 3.63) is 11.6 Å². The van der Waals surface area contributed by atoms with E-state index in [4.69, 9.17) is 0 Å². The molecule has 0 N–H and O–H groups in total. The molecule has 0 nitrogen and oxygen atoms in total. The molecule has 0 amide bonds. The van der Waals surface area contributed by atoms with Gasteiger partial charge in [-0.15, -0.1) is 0 Å². The van der Waals surface area contributed by atoms with E-state index in [0.717, 1.165) is 19.7 Å². The Morgan fingerprint density at radius 2 is 2.15 bits per heavy atom. The number of halogens is 3. The first-order valence-corrected chi connectivity index (χ1v) is 8.60. The number of alkyl halides is 3. The highest BCUT2D eigenvalue weighted by Gasteiger charge is 2.28. The second-order valence-electron chi connectivity index (χ2n) is 3.86. The van der Waals surface area contributed by atoms with Gasteiger partial charge in [0.25, 0.3) is 0 Å². The van der Waals surface area contributed by atoms with E-state index < -0.39 is 0 Å². The van der Waals surface area contributed by atoms with Crippen LogP contribution >= 0.6 is 67.8 Å². The van der Waals surface area contributed by atoms with Gasteiger partial charge in [0.05, 0.1) is 0 Å². The van der Waals surface area contributed by atoms with Gasteiger partial charge in [0, 0.05) is 12.3 Å². The summed E-state index contributed by atoms with van der Waals surface area (Å²) >= 11 is 7.69. The lowest BCUT2D eigenvalue weighted by molar-refractivity contribution is 0.432. The van der Waals surface area contributed by atoms with E-state index >= 15 is 0 Å². The molecule has 4 atom stereocenters. The van der Waals surface area contributed by atoms with Crippen LogP contribution in [0.15, 0.2) is 11.6 Å². The summed E-state index contributed by atoms with van der Waals surface area (Å²) in [6.07, 6.45) is 3.88. The summed E-state index contributed by atoms with van der Waals surface area (Å²) in [5, 5.41) is 0. The monoisotopic (exact) mass is 516 g/mol. The van der Waals surface area contributed by atoms with Crippen LogP contribution in [0.5, 0.6) is 0 Å². The molecule has 0 aromatic carbocycles. The molecule has 0 aromatic heterocycles. The van der Waals surface area contributed by atoms with Crippen molar-refractivity contribution in [1.82, 2.24) is 0 Å². The normalized spacial score (nSPS) is 37.0. The van der Waals surface area contributed by atoms with Gasteiger partial charge in [0.2, 0.25) is 0 Å². The maximum Gasteiger partial charge on any atom is 0.0434 e. The van der Waals surface area contributed by atoms with Crippen molar-refractivity contribution in [2.24, 2.45) is 11.8 Å². The van der Waals surface area contributed by atoms with Gasteiger partial charge in [0.15, 0.2) is 0 Å². The van der Waals surface area contributed by atoms with E-state index in [-0.39, 0.29) is 0 Å². The highest BCUT2D eigenvalue weighted by Crippen LogP contribution is 2.37. The van der Waals surface area contributed by atoms with Gasteiger partial charge >= 0.3 is 0 Å². The zero-order chi connectivity index (χ0) is 10.0. The Morgan fingerprint density at radius 1 is 1.54 bits per heavy atom. The lowest BCUT2D eigenvalue weighted by atomic mass is 9.84. The van der Waals surface area contributed by atoms with Gasteiger partial charge in [0.1, 0.15) is 0 Å². The number of hydrogen-bond acceptors (Lipinski definition) is 0. The molecule has 4 unspecified atom stereocenters. The molecule has 0 aromatic rings. The molecule has 0 fully saturated rings. The molecule has 0 bridgehead atoms. The minimum atomic E-state index is 0.760. The molecular formula is C10H15I3. The predicted molar refractivity (Wildman–Crippen MR) is 85.5 cm³/mol. The fourth-order valence-corrected chi connectivity index (χ4v) is 3.98. The molecule has 1 aliphatic carbocycles. The number of allylic oxidation sites excluding steroid dienone is 2. The summed E-state index contributed by atoms with van der Waals surface area (Å²) < 4.78 is 2.87. The van der Waals surface area contributed by atoms with Crippen LogP contribution in [-0.4, -0.2) is 12.3 Å². The van der Waals surface area contributed by atoms with Crippen molar-refractivity contribution >= 4 is 67.8 Å². The highest BCUT2D eigenvalue weighted by molar-refractivity contribution is 14.1. The molecule has 0 heterocycles. The lowest BCUT2D eigenvalue weighted by Gasteiger charge is -2.31. The first kappa shape index (κ1) is 13.0. The van der Waals surface area contributed by atoms with Gasteiger partial charge in [-0.1, -0.05) is 86.3 Å². The molecule has 0 aliphatic heterocycles. The Labute approximate surface area is 122 Å². The maximum absolute atomic E-state index is 2.61. The van der Waals surface area contributed by atoms with E-state index in [1.54, 1.807) is 5.57 Å². The minimum Gasteiger partial charge on any atom is -0.0861 e.